The average molecular weight is 384 g/mol. The molecule has 1 N–H and O–H groups in total. The Morgan fingerprint density at radius 2 is 1.89 bits per heavy atom. The maximum Gasteiger partial charge on any atom is 0.355 e. The number of nitrogens with one attached hydrogen (secondary N) is 1. The van der Waals surface area contributed by atoms with Gasteiger partial charge in [0.1, 0.15) is 12.3 Å². The summed E-state index contributed by atoms with van der Waals surface area (Å²) in [5.41, 5.74) is 4.79. The Kier molecular flexibility index (Phi) is 6.19. The Labute approximate surface area is 165 Å². The topological polar surface area (TPSA) is 71.6 Å². The molecule has 1 aliphatic carbocycles. The molecule has 6 heteroatoms. The average Bonchev–Trinajstić information content (AvgIpc) is 3.02. The van der Waals surface area contributed by atoms with Gasteiger partial charge in [-0.15, -0.1) is 0 Å². The van der Waals surface area contributed by atoms with Gasteiger partial charge >= 0.3 is 5.97 Å². The minimum absolute atomic E-state index is 0.0741. The van der Waals surface area contributed by atoms with Gasteiger partial charge in [0.25, 0.3) is 0 Å². The van der Waals surface area contributed by atoms with Crippen LogP contribution in [-0.4, -0.2) is 50.7 Å². The van der Waals surface area contributed by atoms with Crippen molar-refractivity contribution in [3.63, 3.8) is 0 Å². The summed E-state index contributed by atoms with van der Waals surface area (Å²) in [6.07, 6.45) is 1.15. The van der Waals surface area contributed by atoms with Crippen molar-refractivity contribution in [2.75, 3.05) is 38.8 Å². The number of hydrogen-bond donors (Lipinski definition) is 1. The minimum atomic E-state index is -0.439. The van der Waals surface area contributed by atoms with Gasteiger partial charge in [-0.1, -0.05) is 12.1 Å². The van der Waals surface area contributed by atoms with E-state index in [0.717, 1.165) is 16.9 Å². The lowest BCUT2D eigenvalue weighted by molar-refractivity contribution is 0.0329. The second kappa shape index (κ2) is 8.61. The predicted molar refractivity (Wildman–Crippen MR) is 108 cm³/mol. The molecule has 0 saturated heterocycles. The van der Waals surface area contributed by atoms with Crippen molar-refractivity contribution in [2.45, 2.75) is 32.6 Å². The number of Topliss-reactive ketones (excluding diaryl/α,β-unsaturated/α-hetero) is 1. The minimum Gasteiger partial charge on any atom is -0.459 e. The third-order valence-corrected chi connectivity index (χ3v) is 5.24. The number of esters is 1. The van der Waals surface area contributed by atoms with Gasteiger partial charge in [-0.25, -0.2) is 4.79 Å². The zero-order valence-electron chi connectivity index (χ0n) is 17.0. The molecule has 0 radical (unpaired) electrons. The van der Waals surface area contributed by atoms with Gasteiger partial charge in [0.15, 0.2) is 5.78 Å². The monoisotopic (exact) mass is 384 g/mol. The van der Waals surface area contributed by atoms with Crippen LogP contribution in [0.5, 0.6) is 0 Å². The number of hydrogen-bond acceptors (Lipinski definition) is 5. The van der Waals surface area contributed by atoms with E-state index in [-0.39, 0.29) is 18.3 Å². The highest BCUT2D eigenvalue weighted by Crippen LogP contribution is 2.35. The molecule has 0 bridgehead atoms. The molecule has 0 saturated carbocycles. The SMILES string of the molecule is CCOCCOC(=O)c1[nH]c2c(c1C)C(=O)C[C@@H](c1ccc(N(C)C)cc1)C2. The van der Waals surface area contributed by atoms with E-state index in [1.54, 1.807) is 6.92 Å². The first-order chi connectivity index (χ1) is 13.4. The van der Waals surface area contributed by atoms with Crippen LogP contribution in [0.1, 0.15) is 56.9 Å². The number of aromatic nitrogens is 1. The summed E-state index contributed by atoms with van der Waals surface area (Å²) in [5, 5.41) is 0. The second-order valence-corrected chi connectivity index (χ2v) is 7.33. The maximum atomic E-state index is 12.8. The first-order valence-corrected chi connectivity index (χ1v) is 9.69. The molecular formula is C22H28N2O4. The summed E-state index contributed by atoms with van der Waals surface area (Å²) < 4.78 is 10.4. The van der Waals surface area contributed by atoms with Crippen LogP contribution < -0.4 is 4.90 Å². The number of aromatic amines is 1. The van der Waals surface area contributed by atoms with Crippen molar-refractivity contribution < 1.29 is 19.1 Å². The highest BCUT2D eigenvalue weighted by atomic mass is 16.6. The Balaban J connectivity index is 1.77. The third-order valence-electron chi connectivity index (χ3n) is 5.24. The summed E-state index contributed by atoms with van der Waals surface area (Å²) in [7, 11) is 4.00. The van der Waals surface area contributed by atoms with Crippen LogP contribution in [0.25, 0.3) is 0 Å². The molecule has 1 atom stereocenters. The summed E-state index contributed by atoms with van der Waals surface area (Å²) >= 11 is 0. The predicted octanol–water partition coefficient (Wildman–Crippen LogP) is 3.50. The van der Waals surface area contributed by atoms with Gasteiger partial charge in [0.05, 0.1) is 6.61 Å². The molecule has 1 aromatic heterocycles. The fraction of sp³-hybridized carbons (Fsp3) is 0.455. The maximum absolute atomic E-state index is 12.8. The standard InChI is InChI=1S/C22H28N2O4/c1-5-27-10-11-28-22(26)21-14(2)20-18(23-21)12-16(13-19(20)25)15-6-8-17(9-7-15)24(3)4/h6-9,16,23H,5,10-13H2,1-4H3/t16-/m0/s1. The van der Waals surface area contributed by atoms with E-state index in [0.29, 0.717) is 42.9 Å². The normalized spacial score (nSPS) is 16.0. The van der Waals surface area contributed by atoms with Gasteiger partial charge in [0.2, 0.25) is 0 Å². The number of rotatable bonds is 7. The number of anilines is 1. The van der Waals surface area contributed by atoms with Crippen molar-refractivity contribution in [1.82, 2.24) is 4.98 Å². The second-order valence-electron chi connectivity index (χ2n) is 7.33. The molecule has 1 heterocycles. The lowest BCUT2D eigenvalue weighted by Crippen LogP contribution is -2.18. The molecule has 28 heavy (non-hydrogen) atoms. The van der Waals surface area contributed by atoms with E-state index in [4.69, 9.17) is 9.47 Å². The van der Waals surface area contributed by atoms with Crippen LogP contribution in [0.15, 0.2) is 24.3 Å². The number of nitrogens with zero attached hydrogens (tertiary/aromatic N) is 1. The lowest BCUT2D eigenvalue weighted by Gasteiger charge is -2.23. The highest BCUT2D eigenvalue weighted by molar-refractivity contribution is 6.03. The largest absolute Gasteiger partial charge is 0.459 e. The molecule has 0 spiro atoms. The Bertz CT molecular complexity index is 852. The van der Waals surface area contributed by atoms with Crippen LogP contribution in [0, 0.1) is 6.92 Å². The highest BCUT2D eigenvalue weighted by Gasteiger charge is 2.32. The molecule has 3 rings (SSSR count). The summed E-state index contributed by atoms with van der Waals surface area (Å²) in [5.74, 6) is -0.257. The third kappa shape index (κ3) is 4.12. The fourth-order valence-electron chi connectivity index (χ4n) is 3.73. The number of ketones is 1. The van der Waals surface area contributed by atoms with Crippen LogP contribution in [0.2, 0.25) is 0 Å². The Morgan fingerprint density at radius 3 is 2.54 bits per heavy atom. The van der Waals surface area contributed by atoms with E-state index < -0.39 is 5.97 Å². The van der Waals surface area contributed by atoms with E-state index in [1.807, 2.05) is 25.9 Å². The fourth-order valence-corrected chi connectivity index (χ4v) is 3.73. The van der Waals surface area contributed by atoms with Crippen LogP contribution in [-0.2, 0) is 15.9 Å². The molecule has 0 aliphatic heterocycles. The summed E-state index contributed by atoms with van der Waals surface area (Å²) in [6, 6.07) is 8.29. The zero-order chi connectivity index (χ0) is 20.3. The summed E-state index contributed by atoms with van der Waals surface area (Å²) in [4.78, 5) is 30.4. The molecule has 1 aromatic carbocycles. The lowest BCUT2D eigenvalue weighted by atomic mass is 9.81. The molecule has 2 aromatic rings. The Hall–Kier alpha value is -2.60. The first kappa shape index (κ1) is 20.1. The molecule has 0 fully saturated rings. The van der Waals surface area contributed by atoms with Crippen molar-refractivity contribution in [3.05, 3.63) is 52.3 Å². The first-order valence-electron chi connectivity index (χ1n) is 9.69. The van der Waals surface area contributed by atoms with Gasteiger partial charge < -0.3 is 19.4 Å². The molecule has 6 nitrogen and oxygen atoms in total. The number of carbonyl (C=O) groups excluding carboxylic acids is 2. The number of fused-ring (bicyclic) bond motifs is 1. The number of H-pyrrole nitrogens is 1. The van der Waals surface area contributed by atoms with E-state index in [9.17, 15) is 9.59 Å². The zero-order valence-corrected chi connectivity index (χ0v) is 17.0. The number of benzene rings is 1. The van der Waals surface area contributed by atoms with Gasteiger partial charge in [-0.05, 0) is 49.4 Å². The van der Waals surface area contributed by atoms with E-state index in [2.05, 4.69) is 29.2 Å². The number of ether oxygens (including phenoxy) is 2. The summed E-state index contributed by atoms with van der Waals surface area (Å²) in [6.45, 7) is 4.84. The molecule has 150 valence electrons. The molecule has 0 amide bonds. The van der Waals surface area contributed by atoms with E-state index >= 15 is 0 Å². The smallest absolute Gasteiger partial charge is 0.355 e. The van der Waals surface area contributed by atoms with Gasteiger partial charge in [0, 0.05) is 44.1 Å². The van der Waals surface area contributed by atoms with Crippen molar-refractivity contribution in [3.8, 4) is 0 Å². The van der Waals surface area contributed by atoms with Crippen molar-refractivity contribution >= 4 is 17.4 Å². The van der Waals surface area contributed by atoms with Crippen LogP contribution in [0.4, 0.5) is 5.69 Å². The molecule has 0 unspecified atom stereocenters. The van der Waals surface area contributed by atoms with Crippen LogP contribution in [0.3, 0.4) is 0 Å². The van der Waals surface area contributed by atoms with Crippen molar-refractivity contribution in [1.29, 1.82) is 0 Å². The van der Waals surface area contributed by atoms with E-state index in [1.165, 1.54) is 0 Å². The van der Waals surface area contributed by atoms with Gasteiger partial charge in [-0.3, -0.25) is 4.79 Å². The number of carbonyl (C=O) groups is 2. The van der Waals surface area contributed by atoms with Crippen LogP contribution >= 0.6 is 0 Å². The Morgan fingerprint density at radius 1 is 1.18 bits per heavy atom. The van der Waals surface area contributed by atoms with Gasteiger partial charge in [-0.2, -0.15) is 0 Å². The van der Waals surface area contributed by atoms with Crippen molar-refractivity contribution in [2.24, 2.45) is 0 Å². The molecular weight excluding hydrogens is 356 g/mol. The quantitative estimate of drug-likeness (QED) is 0.584. The molecule has 1 aliphatic rings.